The van der Waals surface area contributed by atoms with Gasteiger partial charge in [-0.25, -0.2) is 4.98 Å². The molecular formula is C11H12BF2NO3. The Bertz CT molecular complexity index is 450. The number of nitrogens with zero attached hydrogens (tertiary/aromatic N) is 1. The van der Waals surface area contributed by atoms with Crippen LogP contribution < -0.4 is 10.2 Å². The number of pyridine rings is 1. The molecule has 0 aromatic carbocycles. The maximum Gasteiger partial charge on any atom is 0.564 e. The highest BCUT2D eigenvalue weighted by Crippen LogP contribution is 2.29. The van der Waals surface area contributed by atoms with E-state index in [-0.39, 0.29) is 5.88 Å². The van der Waals surface area contributed by atoms with Gasteiger partial charge in [0.25, 0.3) is 0 Å². The van der Waals surface area contributed by atoms with E-state index in [0.29, 0.717) is 11.2 Å². The van der Waals surface area contributed by atoms with E-state index in [1.165, 1.54) is 12.3 Å². The molecule has 1 aromatic rings. The van der Waals surface area contributed by atoms with E-state index in [0.717, 1.165) is 0 Å². The molecule has 1 fully saturated rings. The molecule has 0 aliphatic carbocycles. The smallest absolute Gasteiger partial charge is 0.534 e. The second kappa shape index (κ2) is 4.57. The third-order valence-corrected chi connectivity index (χ3v) is 2.56. The summed E-state index contributed by atoms with van der Waals surface area (Å²) < 4.78 is 39.1. The summed E-state index contributed by atoms with van der Waals surface area (Å²) in [6.07, 6.45) is 1.37. The van der Waals surface area contributed by atoms with E-state index in [4.69, 9.17) is 9.31 Å². The molecule has 0 amide bonds. The zero-order chi connectivity index (χ0) is 13.3. The molecule has 1 aliphatic heterocycles. The van der Waals surface area contributed by atoms with Crippen LogP contribution in [0.15, 0.2) is 30.7 Å². The number of hydrogen-bond donors (Lipinski definition) is 0. The molecule has 0 spiro atoms. The molecule has 2 heterocycles. The monoisotopic (exact) mass is 255 g/mol. The summed E-state index contributed by atoms with van der Waals surface area (Å²) in [5, 5.41) is 0. The molecular weight excluding hydrogens is 243 g/mol. The van der Waals surface area contributed by atoms with Crippen molar-refractivity contribution in [2.24, 2.45) is 0 Å². The second-order valence-electron chi connectivity index (χ2n) is 4.31. The van der Waals surface area contributed by atoms with E-state index < -0.39 is 19.3 Å². The topological polar surface area (TPSA) is 40.6 Å². The van der Waals surface area contributed by atoms with Crippen molar-refractivity contribution in [3.8, 4) is 5.88 Å². The van der Waals surface area contributed by atoms with Crippen molar-refractivity contribution < 1.29 is 22.8 Å². The van der Waals surface area contributed by atoms with E-state index in [9.17, 15) is 8.78 Å². The Morgan fingerprint density at radius 3 is 2.61 bits per heavy atom. The molecule has 7 heteroatoms. The maximum atomic E-state index is 12.0. The van der Waals surface area contributed by atoms with Crippen LogP contribution in [0.4, 0.5) is 8.78 Å². The summed E-state index contributed by atoms with van der Waals surface area (Å²) in [5.41, 5.74) is 0.0337. The average molecular weight is 255 g/mol. The molecule has 4 nitrogen and oxygen atoms in total. The Kier molecular flexibility index (Phi) is 3.25. The van der Waals surface area contributed by atoms with E-state index in [1.807, 2.05) is 13.8 Å². The molecule has 0 bridgehead atoms. The van der Waals surface area contributed by atoms with Crippen LogP contribution in [0.5, 0.6) is 5.88 Å². The first-order chi connectivity index (χ1) is 8.38. The van der Waals surface area contributed by atoms with Crippen LogP contribution in [0.2, 0.25) is 0 Å². The molecule has 0 radical (unpaired) electrons. The predicted molar refractivity (Wildman–Crippen MR) is 61.6 cm³/mol. The standard InChI is InChI=1S/C11H12BF2NO3/c1-7-11(2,3)18-12(17-7)8-4-5-9(15-6-8)16-10(13)14/h4-6,10H,1H2,2-3H3. The van der Waals surface area contributed by atoms with Crippen LogP contribution in [0.3, 0.4) is 0 Å². The number of hydrogen-bond acceptors (Lipinski definition) is 4. The fourth-order valence-electron chi connectivity index (χ4n) is 1.46. The Morgan fingerprint density at radius 2 is 2.17 bits per heavy atom. The minimum absolute atomic E-state index is 0.148. The molecule has 0 unspecified atom stereocenters. The van der Waals surface area contributed by atoms with Gasteiger partial charge in [0, 0.05) is 17.7 Å². The van der Waals surface area contributed by atoms with Gasteiger partial charge in [0.15, 0.2) is 0 Å². The van der Waals surface area contributed by atoms with Gasteiger partial charge < -0.3 is 14.0 Å². The van der Waals surface area contributed by atoms with E-state index >= 15 is 0 Å². The lowest BCUT2D eigenvalue weighted by molar-refractivity contribution is -0.0528. The summed E-state index contributed by atoms with van der Waals surface area (Å²) in [6.45, 7) is 4.52. The largest absolute Gasteiger partial charge is 0.564 e. The summed E-state index contributed by atoms with van der Waals surface area (Å²) in [5.74, 6) is 0.366. The average Bonchev–Trinajstić information content (AvgIpc) is 2.54. The van der Waals surface area contributed by atoms with Gasteiger partial charge in [-0.1, -0.05) is 12.6 Å². The van der Waals surface area contributed by atoms with Crippen molar-refractivity contribution >= 4 is 12.6 Å². The third kappa shape index (κ3) is 2.61. The van der Waals surface area contributed by atoms with Crippen LogP contribution in [0.25, 0.3) is 0 Å². The quantitative estimate of drug-likeness (QED) is 0.771. The molecule has 0 N–H and O–H groups in total. The number of halogens is 2. The van der Waals surface area contributed by atoms with Crippen LogP contribution in [0, 0.1) is 0 Å². The SMILES string of the molecule is C=C1OB(c2ccc(OC(F)F)nc2)OC1(C)C. The first-order valence-electron chi connectivity index (χ1n) is 5.33. The van der Waals surface area contributed by atoms with Gasteiger partial charge in [0.1, 0.15) is 5.60 Å². The van der Waals surface area contributed by atoms with Crippen molar-refractivity contribution in [1.82, 2.24) is 4.98 Å². The van der Waals surface area contributed by atoms with Gasteiger partial charge in [0.05, 0.1) is 5.76 Å². The fraction of sp³-hybridized carbons (Fsp3) is 0.364. The minimum Gasteiger partial charge on any atom is -0.534 e. The Morgan fingerprint density at radius 1 is 1.44 bits per heavy atom. The van der Waals surface area contributed by atoms with E-state index in [1.54, 1.807) is 6.07 Å². The minimum atomic E-state index is -2.89. The van der Waals surface area contributed by atoms with Gasteiger partial charge in [-0.3, -0.25) is 0 Å². The third-order valence-electron chi connectivity index (χ3n) is 2.56. The highest BCUT2D eigenvalue weighted by molar-refractivity contribution is 6.62. The first-order valence-corrected chi connectivity index (χ1v) is 5.33. The normalized spacial score (nSPS) is 18.1. The molecule has 2 rings (SSSR count). The number of ether oxygens (including phenoxy) is 1. The summed E-state index contributed by atoms with van der Waals surface area (Å²) in [7, 11) is -0.624. The molecule has 1 aromatic heterocycles. The Labute approximate surface area is 104 Å². The van der Waals surface area contributed by atoms with Crippen LogP contribution in [0.1, 0.15) is 13.8 Å². The van der Waals surface area contributed by atoms with Crippen LogP contribution >= 0.6 is 0 Å². The summed E-state index contributed by atoms with van der Waals surface area (Å²) in [4.78, 5) is 3.74. The van der Waals surface area contributed by atoms with Gasteiger partial charge in [-0.05, 0) is 13.8 Å². The molecule has 18 heavy (non-hydrogen) atoms. The number of aromatic nitrogens is 1. The molecule has 0 saturated carbocycles. The lowest BCUT2D eigenvalue weighted by Crippen LogP contribution is -2.34. The zero-order valence-electron chi connectivity index (χ0n) is 10.0. The van der Waals surface area contributed by atoms with Crippen molar-refractivity contribution in [2.45, 2.75) is 26.1 Å². The second-order valence-corrected chi connectivity index (χ2v) is 4.31. The molecule has 1 aliphatic rings. The van der Waals surface area contributed by atoms with Crippen molar-refractivity contribution in [2.75, 3.05) is 0 Å². The summed E-state index contributed by atoms with van der Waals surface area (Å²) >= 11 is 0. The number of rotatable bonds is 3. The highest BCUT2D eigenvalue weighted by atomic mass is 19.3. The van der Waals surface area contributed by atoms with Gasteiger partial charge in [-0.15, -0.1) is 0 Å². The predicted octanol–water partition coefficient (Wildman–Crippen LogP) is 1.72. The van der Waals surface area contributed by atoms with Crippen molar-refractivity contribution in [3.63, 3.8) is 0 Å². The molecule has 1 saturated heterocycles. The van der Waals surface area contributed by atoms with Gasteiger partial charge in [-0.2, -0.15) is 8.78 Å². The van der Waals surface area contributed by atoms with E-state index in [2.05, 4.69) is 16.3 Å². The summed E-state index contributed by atoms with van der Waals surface area (Å²) in [6, 6.07) is 2.90. The lowest BCUT2D eigenvalue weighted by atomic mass is 9.80. The van der Waals surface area contributed by atoms with Crippen molar-refractivity contribution in [3.05, 3.63) is 30.7 Å². The molecule has 96 valence electrons. The van der Waals surface area contributed by atoms with Crippen LogP contribution in [-0.4, -0.2) is 24.3 Å². The van der Waals surface area contributed by atoms with Gasteiger partial charge >= 0.3 is 13.7 Å². The van der Waals surface area contributed by atoms with Crippen molar-refractivity contribution in [1.29, 1.82) is 0 Å². The highest BCUT2D eigenvalue weighted by Gasteiger charge is 2.42. The number of alkyl halides is 2. The van der Waals surface area contributed by atoms with Gasteiger partial charge in [0.2, 0.25) is 5.88 Å². The lowest BCUT2D eigenvalue weighted by Gasteiger charge is -2.15. The fourth-order valence-corrected chi connectivity index (χ4v) is 1.46. The maximum absolute atomic E-state index is 12.0. The zero-order valence-corrected chi connectivity index (χ0v) is 10.0. The Hall–Kier alpha value is -1.63. The molecule has 0 atom stereocenters. The van der Waals surface area contributed by atoms with Crippen LogP contribution in [-0.2, 0) is 9.31 Å². The first kappa shape index (κ1) is 12.8. The Balaban J connectivity index is 2.09.